The van der Waals surface area contributed by atoms with Crippen LogP contribution in [-0.4, -0.2) is 27.0 Å². The number of carboxylic acids is 1. The molecule has 0 unspecified atom stereocenters. The minimum atomic E-state index is -0.976. The number of phenolic OH excluding ortho intramolecular Hbond substituents is 2. The number of fused-ring (bicyclic) bond motifs is 4. The standard InChI is InChI=1S/C20H14O4.C12H9NO2/c21-12-9-10-16-18(11-12)24-17-8-4-3-7-15(17)19(16)13-5-1-2-6-14(13)20(22)23;14-8-5-6-10-12(7-8)15-11-4-2-1-3-9(11)13-10/h1-3,5-11,21H,4H2,(H,22,23);1,3-7,14H,2H2. The number of ether oxygens (including phenoxy) is 2. The van der Waals surface area contributed by atoms with Crippen molar-refractivity contribution in [2.24, 2.45) is 4.99 Å². The monoisotopic (exact) mass is 517 g/mol. The number of nitrogens with zero attached hydrogens (tertiary/aromatic N) is 1. The van der Waals surface area contributed by atoms with E-state index >= 15 is 0 Å². The molecule has 3 N–H and O–H groups in total. The fourth-order valence-electron chi connectivity index (χ4n) is 4.75. The molecule has 7 rings (SSSR count). The number of aromatic carboxylic acids is 1. The Hall–Kier alpha value is -5.30. The molecule has 7 heteroatoms. The van der Waals surface area contributed by atoms with Crippen molar-refractivity contribution < 1.29 is 29.6 Å². The molecule has 0 amide bonds. The molecule has 39 heavy (non-hydrogen) atoms. The number of carboxylic acid groups (broad SMARTS) is 1. The van der Waals surface area contributed by atoms with Gasteiger partial charge in [0.15, 0.2) is 5.75 Å². The molecule has 192 valence electrons. The minimum absolute atomic E-state index is 0.107. The molecule has 3 aromatic carbocycles. The van der Waals surface area contributed by atoms with Gasteiger partial charge in [-0.05, 0) is 67.0 Å². The van der Waals surface area contributed by atoms with Crippen molar-refractivity contribution >= 4 is 22.9 Å². The Balaban J connectivity index is 0.000000158. The summed E-state index contributed by atoms with van der Waals surface area (Å²) in [7, 11) is 0. The van der Waals surface area contributed by atoms with Crippen molar-refractivity contribution in [3.05, 3.63) is 131 Å². The Bertz CT molecular complexity index is 1700. The highest BCUT2D eigenvalue weighted by atomic mass is 16.5. The molecule has 0 saturated carbocycles. The second-order valence-electron chi connectivity index (χ2n) is 9.09. The van der Waals surface area contributed by atoms with Crippen molar-refractivity contribution in [1.82, 2.24) is 0 Å². The number of phenols is 2. The number of hydrogen-bond acceptors (Lipinski definition) is 6. The van der Waals surface area contributed by atoms with Gasteiger partial charge >= 0.3 is 5.97 Å². The SMILES string of the molecule is O=C(O)c1ccccc1C1=C2C=CCC=C2Oc2cc(O)ccc21.Oc1ccc2c(c1)OC1=CCC=CC1=N2. The van der Waals surface area contributed by atoms with Gasteiger partial charge in [-0.15, -0.1) is 0 Å². The zero-order valence-corrected chi connectivity index (χ0v) is 20.7. The number of allylic oxidation sites excluding steroid dienone is 6. The number of benzene rings is 3. The summed E-state index contributed by atoms with van der Waals surface area (Å²) in [5, 5.41) is 28.6. The highest BCUT2D eigenvalue weighted by Crippen LogP contribution is 2.45. The van der Waals surface area contributed by atoms with E-state index in [-0.39, 0.29) is 17.1 Å². The van der Waals surface area contributed by atoms with Crippen LogP contribution in [0.2, 0.25) is 0 Å². The fraction of sp³-hybridized carbons (Fsp3) is 0.0625. The Kier molecular flexibility index (Phi) is 6.09. The highest BCUT2D eigenvalue weighted by molar-refractivity contribution is 6.10. The molecular weight excluding hydrogens is 494 g/mol. The molecule has 2 aliphatic heterocycles. The van der Waals surface area contributed by atoms with Crippen LogP contribution in [0.5, 0.6) is 23.0 Å². The van der Waals surface area contributed by atoms with Crippen LogP contribution in [0.3, 0.4) is 0 Å². The van der Waals surface area contributed by atoms with Crippen LogP contribution >= 0.6 is 0 Å². The zero-order chi connectivity index (χ0) is 26.9. The van der Waals surface area contributed by atoms with Gasteiger partial charge < -0.3 is 24.8 Å². The van der Waals surface area contributed by atoms with Gasteiger partial charge in [0.05, 0.1) is 5.56 Å². The Morgan fingerprint density at radius 3 is 2.28 bits per heavy atom. The van der Waals surface area contributed by atoms with Crippen LogP contribution in [0, 0.1) is 0 Å². The summed E-state index contributed by atoms with van der Waals surface area (Å²) >= 11 is 0. The van der Waals surface area contributed by atoms with Gasteiger partial charge in [-0.25, -0.2) is 9.79 Å². The van der Waals surface area contributed by atoms with E-state index in [4.69, 9.17) is 9.47 Å². The number of rotatable bonds is 2. The Morgan fingerprint density at radius 1 is 0.769 bits per heavy atom. The third-order valence-corrected chi connectivity index (χ3v) is 6.51. The van der Waals surface area contributed by atoms with Crippen molar-refractivity contribution in [3.63, 3.8) is 0 Å². The van der Waals surface area contributed by atoms with E-state index in [1.54, 1.807) is 54.6 Å². The maximum Gasteiger partial charge on any atom is 0.336 e. The van der Waals surface area contributed by atoms with Gasteiger partial charge in [0.1, 0.15) is 40.2 Å². The summed E-state index contributed by atoms with van der Waals surface area (Å²) in [4.78, 5) is 16.1. The molecule has 2 aliphatic carbocycles. The van der Waals surface area contributed by atoms with Gasteiger partial charge in [-0.3, -0.25) is 0 Å². The molecule has 3 aromatic rings. The van der Waals surface area contributed by atoms with Crippen molar-refractivity contribution in [2.45, 2.75) is 12.8 Å². The Morgan fingerprint density at radius 2 is 1.46 bits per heavy atom. The summed E-state index contributed by atoms with van der Waals surface area (Å²) in [5.74, 6) is 1.92. The van der Waals surface area contributed by atoms with E-state index in [0.717, 1.165) is 46.7 Å². The van der Waals surface area contributed by atoms with Gasteiger partial charge in [0, 0.05) is 28.8 Å². The van der Waals surface area contributed by atoms with Crippen molar-refractivity contribution in [2.75, 3.05) is 0 Å². The topological polar surface area (TPSA) is 109 Å². The van der Waals surface area contributed by atoms with Crippen LogP contribution in [0.15, 0.2) is 119 Å². The quantitative estimate of drug-likeness (QED) is 0.344. The molecular formula is C32H23NO6. The lowest BCUT2D eigenvalue weighted by atomic mass is 9.85. The smallest absolute Gasteiger partial charge is 0.336 e. The lowest BCUT2D eigenvalue weighted by molar-refractivity contribution is 0.0696. The first-order valence-electron chi connectivity index (χ1n) is 12.4. The second kappa shape index (κ2) is 9.87. The lowest BCUT2D eigenvalue weighted by Crippen LogP contribution is -2.13. The third-order valence-electron chi connectivity index (χ3n) is 6.51. The van der Waals surface area contributed by atoms with Crippen LogP contribution < -0.4 is 9.47 Å². The van der Waals surface area contributed by atoms with Crippen molar-refractivity contribution in [3.8, 4) is 23.0 Å². The van der Waals surface area contributed by atoms with Gasteiger partial charge in [-0.2, -0.15) is 0 Å². The molecule has 0 fully saturated rings. The molecule has 0 aromatic heterocycles. The van der Waals surface area contributed by atoms with Crippen LogP contribution in [0.1, 0.15) is 34.3 Å². The largest absolute Gasteiger partial charge is 0.508 e. The average Bonchev–Trinajstić information content (AvgIpc) is 2.95. The maximum absolute atomic E-state index is 11.7. The molecule has 2 heterocycles. The van der Waals surface area contributed by atoms with Gasteiger partial charge in [-0.1, -0.05) is 36.4 Å². The predicted octanol–water partition coefficient (Wildman–Crippen LogP) is 6.83. The summed E-state index contributed by atoms with van der Waals surface area (Å²) < 4.78 is 11.5. The highest BCUT2D eigenvalue weighted by Gasteiger charge is 2.28. The number of carbonyl (C=O) groups is 1. The summed E-state index contributed by atoms with van der Waals surface area (Å²) in [6.45, 7) is 0. The van der Waals surface area contributed by atoms with Gasteiger partial charge in [0.25, 0.3) is 0 Å². The molecule has 0 atom stereocenters. The van der Waals surface area contributed by atoms with E-state index < -0.39 is 5.97 Å². The molecule has 7 nitrogen and oxygen atoms in total. The lowest BCUT2D eigenvalue weighted by Gasteiger charge is -2.27. The van der Waals surface area contributed by atoms with E-state index in [1.165, 1.54) is 0 Å². The van der Waals surface area contributed by atoms with Crippen molar-refractivity contribution in [1.29, 1.82) is 0 Å². The van der Waals surface area contributed by atoms with Gasteiger partial charge in [0.2, 0.25) is 0 Å². The average molecular weight is 518 g/mol. The number of aromatic hydroxyl groups is 2. The van der Waals surface area contributed by atoms with E-state index in [2.05, 4.69) is 4.99 Å². The van der Waals surface area contributed by atoms with E-state index in [0.29, 0.717) is 22.8 Å². The number of aliphatic imine (C=N–C) groups is 1. The normalized spacial score (nSPS) is 15.9. The zero-order valence-electron chi connectivity index (χ0n) is 20.7. The Labute approximate surface area is 224 Å². The predicted molar refractivity (Wildman–Crippen MR) is 148 cm³/mol. The minimum Gasteiger partial charge on any atom is -0.508 e. The first-order chi connectivity index (χ1) is 19.0. The first-order valence-corrected chi connectivity index (χ1v) is 12.4. The third kappa shape index (κ3) is 4.62. The summed E-state index contributed by atoms with van der Waals surface area (Å²) in [6.07, 6.45) is 13.5. The fourth-order valence-corrected chi connectivity index (χ4v) is 4.75. The molecule has 0 radical (unpaired) electrons. The van der Waals surface area contributed by atoms with E-state index in [9.17, 15) is 20.1 Å². The first kappa shape index (κ1) is 24.1. The summed E-state index contributed by atoms with van der Waals surface area (Å²) in [6, 6.07) is 16.7. The molecule has 0 saturated heterocycles. The second-order valence-corrected chi connectivity index (χ2v) is 9.09. The molecule has 0 spiro atoms. The van der Waals surface area contributed by atoms with E-state index in [1.807, 2.05) is 42.5 Å². The van der Waals surface area contributed by atoms with Crippen LogP contribution in [0.4, 0.5) is 5.69 Å². The molecule has 0 bridgehead atoms. The summed E-state index contributed by atoms with van der Waals surface area (Å²) in [5.41, 5.74) is 4.89. The number of hydrogen-bond donors (Lipinski definition) is 3. The van der Waals surface area contributed by atoms with Crippen LogP contribution in [0.25, 0.3) is 5.57 Å². The van der Waals surface area contributed by atoms with Crippen LogP contribution in [-0.2, 0) is 0 Å². The molecule has 4 aliphatic rings. The maximum atomic E-state index is 11.7.